The van der Waals surface area contributed by atoms with E-state index in [9.17, 15) is 0 Å². The van der Waals surface area contributed by atoms with Crippen LogP contribution in [-0.4, -0.2) is 30.9 Å². The van der Waals surface area contributed by atoms with Gasteiger partial charge in [-0.05, 0) is 58.0 Å². The van der Waals surface area contributed by atoms with Crippen LogP contribution in [0.25, 0.3) is 22.3 Å². The first-order valence-corrected chi connectivity index (χ1v) is 9.67. The number of furan rings is 1. The molecule has 0 amide bonds. The number of amidine groups is 2. The number of aliphatic imine (C=N–C) groups is 2. The van der Waals surface area contributed by atoms with Crippen LogP contribution >= 0.6 is 24.8 Å². The molecule has 31 heavy (non-hydrogen) atoms. The van der Waals surface area contributed by atoms with Crippen molar-refractivity contribution in [3.05, 3.63) is 53.6 Å². The summed E-state index contributed by atoms with van der Waals surface area (Å²) < 4.78 is 11.7. The highest BCUT2D eigenvalue weighted by Crippen LogP contribution is 2.35. The van der Waals surface area contributed by atoms with Gasteiger partial charge in [-0.15, -0.1) is 24.8 Å². The summed E-state index contributed by atoms with van der Waals surface area (Å²) in [5.41, 5.74) is 15.5. The first-order valence-electron chi connectivity index (χ1n) is 9.67. The topological polar surface area (TPSA) is 99.1 Å². The summed E-state index contributed by atoms with van der Waals surface area (Å²) in [7, 11) is 1.63. The molecule has 1 aromatic heterocycles. The molecule has 2 aromatic carbocycles. The number of methoxy groups -OCH3 is 1. The lowest BCUT2D eigenvalue weighted by molar-refractivity contribution is 0.415. The SMILES string of the molecule is COc1ccc(C(N)=NC(C)C)cc1-c1cc2ccc(C(N)=NC(C)C)cc2o1.Cl.Cl. The summed E-state index contributed by atoms with van der Waals surface area (Å²) in [6, 6.07) is 13.8. The number of halogens is 2. The summed E-state index contributed by atoms with van der Waals surface area (Å²) >= 11 is 0. The Bertz CT molecular complexity index is 1090. The van der Waals surface area contributed by atoms with Crippen molar-refractivity contribution in [2.24, 2.45) is 21.5 Å². The quantitative estimate of drug-likeness (QED) is 0.387. The summed E-state index contributed by atoms with van der Waals surface area (Å²) in [6.45, 7) is 7.96. The van der Waals surface area contributed by atoms with Gasteiger partial charge in [-0.25, -0.2) is 0 Å². The lowest BCUT2D eigenvalue weighted by atomic mass is 10.1. The van der Waals surface area contributed by atoms with Crippen molar-refractivity contribution in [2.45, 2.75) is 39.8 Å². The van der Waals surface area contributed by atoms with Crippen LogP contribution in [0.4, 0.5) is 0 Å². The van der Waals surface area contributed by atoms with Crippen LogP contribution in [0, 0.1) is 0 Å². The van der Waals surface area contributed by atoms with E-state index in [2.05, 4.69) is 9.98 Å². The maximum absolute atomic E-state index is 6.15. The molecule has 8 heteroatoms. The zero-order valence-electron chi connectivity index (χ0n) is 18.4. The van der Waals surface area contributed by atoms with Crippen LogP contribution in [0.1, 0.15) is 38.8 Å². The van der Waals surface area contributed by atoms with Gasteiger partial charge in [-0.2, -0.15) is 0 Å². The highest BCUT2D eigenvalue weighted by atomic mass is 35.5. The zero-order chi connectivity index (χ0) is 21.1. The van der Waals surface area contributed by atoms with Gasteiger partial charge < -0.3 is 20.6 Å². The summed E-state index contributed by atoms with van der Waals surface area (Å²) in [6.07, 6.45) is 0. The van der Waals surface area contributed by atoms with E-state index in [0.29, 0.717) is 23.2 Å². The molecule has 0 fully saturated rings. The molecule has 0 saturated heterocycles. The van der Waals surface area contributed by atoms with Gasteiger partial charge in [0.2, 0.25) is 0 Å². The van der Waals surface area contributed by atoms with E-state index < -0.39 is 0 Å². The van der Waals surface area contributed by atoms with Gasteiger partial charge in [0.25, 0.3) is 0 Å². The van der Waals surface area contributed by atoms with E-state index in [1.807, 2.05) is 70.2 Å². The Labute approximate surface area is 195 Å². The molecule has 1 heterocycles. The predicted molar refractivity (Wildman–Crippen MR) is 134 cm³/mol. The molecule has 0 atom stereocenters. The maximum atomic E-state index is 6.15. The third-order valence-corrected chi connectivity index (χ3v) is 4.37. The Balaban J connectivity index is 0.00000240. The molecule has 0 aliphatic rings. The number of fused-ring (bicyclic) bond motifs is 1. The summed E-state index contributed by atoms with van der Waals surface area (Å²) in [5, 5.41) is 0.970. The van der Waals surface area contributed by atoms with Crippen molar-refractivity contribution in [2.75, 3.05) is 7.11 Å². The Morgan fingerprint density at radius 3 is 1.94 bits per heavy atom. The molecule has 0 aliphatic heterocycles. The molecule has 0 aliphatic carbocycles. The lowest BCUT2D eigenvalue weighted by Crippen LogP contribution is -2.15. The van der Waals surface area contributed by atoms with Crippen LogP contribution in [0.3, 0.4) is 0 Å². The molecule has 0 unspecified atom stereocenters. The molecule has 0 bridgehead atoms. The molecule has 6 nitrogen and oxygen atoms in total. The minimum atomic E-state index is 0. The van der Waals surface area contributed by atoms with E-state index in [-0.39, 0.29) is 36.9 Å². The Hall–Kier alpha value is -2.70. The normalized spacial score (nSPS) is 12.1. The second-order valence-corrected chi connectivity index (χ2v) is 7.49. The Morgan fingerprint density at radius 2 is 1.39 bits per heavy atom. The first kappa shape index (κ1) is 26.3. The fraction of sp³-hybridized carbons (Fsp3) is 0.304. The predicted octanol–water partition coefficient (Wildman–Crippen LogP) is 5.18. The number of benzene rings is 2. The summed E-state index contributed by atoms with van der Waals surface area (Å²) in [4.78, 5) is 8.84. The first-order chi connectivity index (χ1) is 13.8. The molecule has 3 aromatic rings. The van der Waals surface area contributed by atoms with Crippen molar-refractivity contribution in [1.82, 2.24) is 0 Å². The Kier molecular flexibility index (Phi) is 9.40. The van der Waals surface area contributed by atoms with Crippen molar-refractivity contribution < 1.29 is 9.15 Å². The van der Waals surface area contributed by atoms with Crippen LogP contribution in [0.2, 0.25) is 0 Å². The largest absolute Gasteiger partial charge is 0.496 e. The number of rotatable bonds is 6. The minimum absolute atomic E-state index is 0. The fourth-order valence-corrected chi connectivity index (χ4v) is 3.09. The van der Waals surface area contributed by atoms with Gasteiger partial charge >= 0.3 is 0 Å². The van der Waals surface area contributed by atoms with E-state index in [1.54, 1.807) is 7.11 Å². The molecule has 4 N–H and O–H groups in total. The molecule has 168 valence electrons. The Morgan fingerprint density at radius 1 is 0.839 bits per heavy atom. The number of ether oxygens (including phenoxy) is 1. The van der Waals surface area contributed by atoms with E-state index in [4.69, 9.17) is 20.6 Å². The highest BCUT2D eigenvalue weighted by Gasteiger charge is 2.14. The smallest absolute Gasteiger partial charge is 0.139 e. The highest BCUT2D eigenvalue weighted by molar-refractivity contribution is 6.01. The maximum Gasteiger partial charge on any atom is 0.139 e. The number of nitrogens with zero attached hydrogens (tertiary/aromatic N) is 2. The summed E-state index contributed by atoms with van der Waals surface area (Å²) in [5.74, 6) is 2.37. The lowest BCUT2D eigenvalue weighted by Gasteiger charge is -2.09. The molecule has 3 rings (SSSR count). The molecule has 0 radical (unpaired) electrons. The van der Waals surface area contributed by atoms with Gasteiger partial charge in [0, 0.05) is 28.6 Å². The van der Waals surface area contributed by atoms with Gasteiger partial charge in [-0.3, -0.25) is 9.98 Å². The van der Waals surface area contributed by atoms with Gasteiger partial charge in [0.05, 0.1) is 12.7 Å². The number of hydrogen-bond acceptors (Lipinski definition) is 4. The average molecular weight is 465 g/mol. The van der Waals surface area contributed by atoms with Gasteiger partial charge in [0.15, 0.2) is 0 Å². The van der Waals surface area contributed by atoms with Crippen LogP contribution in [-0.2, 0) is 0 Å². The van der Waals surface area contributed by atoms with E-state index in [1.165, 1.54) is 0 Å². The van der Waals surface area contributed by atoms with E-state index >= 15 is 0 Å². The second-order valence-electron chi connectivity index (χ2n) is 7.49. The molecular formula is C23H30Cl2N4O2. The van der Waals surface area contributed by atoms with Crippen molar-refractivity contribution in [1.29, 1.82) is 0 Å². The monoisotopic (exact) mass is 464 g/mol. The third-order valence-electron chi connectivity index (χ3n) is 4.37. The van der Waals surface area contributed by atoms with Crippen LogP contribution < -0.4 is 16.2 Å². The van der Waals surface area contributed by atoms with Crippen molar-refractivity contribution in [3.63, 3.8) is 0 Å². The van der Waals surface area contributed by atoms with Crippen LogP contribution in [0.5, 0.6) is 5.75 Å². The zero-order valence-corrected chi connectivity index (χ0v) is 20.0. The minimum Gasteiger partial charge on any atom is -0.496 e. The van der Waals surface area contributed by atoms with Crippen LogP contribution in [0.15, 0.2) is 56.9 Å². The molecular weight excluding hydrogens is 435 g/mol. The van der Waals surface area contributed by atoms with Crippen molar-refractivity contribution in [3.8, 4) is 17.1 Å². The molecule has 0 saturated carbocycles. The van der Waals surface area contributed by atoms with E-state index in [0.717, 1.165) is 27.7 Å². The second kappa shape index (κ2) is 11.1. The van der Waals surface area contributed by atoms with Gasteiger partial charge in [0.1, 0.15) is 28.8 Å². The van der Waals surface area contributed by atoms with Crippen molar-refractivity contribution >= 4 is 47.5 Å². The average Bonchev–Trinajstić information content (AvgIpc) is 3.09. The van der Waals surface area contributed by atoms with Gasteiger partial charge in [-0.1, -0.05) is 12.1 Å². The molecule has 0 spiro atoms. The number of hydrogen-bond donors (Lipinski definition) is 2. The number of nitrogens with two attached hydrogens (primary N) is 2. The third kappa shape index (κ3) is 6.15. The fourth-order valence-electron chi connectivity index (χ4n) is 3.09. The standard InChI is InChI=1S/C23H28N4O2.2ClH/c1-13(2)26-22(24)16-8-9-19(28-5)18(10-16)21-11-15-6-7-17(12-20(15)29-21)23(25)27-14(3)4;;/h6-14H,1-5H3,(H2,24,26)(H2,25,27);2*1H.